The molecule has 0 aromatic heterocycles. The topological polar surface area (TPSA) is 81.4 Å². The van der Waals surface area contributed by atoms with Crippen molar-refractivity contribution in [3.05, 3.63) is 101 Å². The molecule has 8 heteroatoms. The third kappa shape index (κ3) is 5.85. The standard InChI is InChI=1S/C23H19F3N2O3/c24-16-11-18(25)21(19(26)12-16)23(30)28-20(22(27)29)10-14-6-8-17(9-7-14)31-13-15-4-2-1-3-5-15/h1-9,11-12,20H,10,13H2,(H2,27,29)(H,28,30)/t20-/m0/s1. The van der Waals surface area contributed by atoms with Crippen molar-refractivity contribution in [1.82, 2.24) is 5.32 Å². The third-order valence-corrected chi connectivity index (χ3v) is 4.49. The summed E-state index contributed by atoms with van der Waals surface area (Å²) in [5.74, 6) is -5.41. The Morgan fingerprint density at radius 2 is 1.52 bits per heavy atom. The molecule has 0 aliphatic rings. The molecule has 3 N–H and O–H groups in total. The number of rotatable bonds is 8. The quantitative estimate of drug-likeness (QED) is 0.576. The first-order chi connectivity index (χ1) is 14.8. The Kier molecular flexibility index (Phi) is 6.92. The number of carbonyl (C=O) groups excluding carboxylic acids is 2. The average molecular weight is 428 g/mol. The molecule has 160 valence electrons. The maximum absolute atomic E-state index is 13.8. The normalized spacial score (nSPS) is 11.6. The summed E-state index contributed by atoms with van der Waals surface area (Å²) in [4.78, 5) is 24.0. The summed E-state index contributed by atoms with van der Waals surface area (Å²) >= 11 is 0. The number of nitrogens with two attached hydrogens (primary N) is 1. The number of primary amides is 1. The van der Waals surface area contributed by atoms with Crippen LogP contribution in [0.15, 0.2) is 66.7 Å². The van der Waals surface area contributed by atoms with E-state index in [1.807, 2.05) is 30.3 Å². The average Bonchev–Trinajstić information content (AvgIpc) is 2.72. The molecule has 3 rings (SSSR count). The van der Waals surface area contributed by atoms with E-state index in [1.165, 1.54) is 0 Å². The van der Waals surface area contributed by atoms with E-state index in [1.54, 1.807) is 24.3 Å². The minimum atomic E-state index is -1.38. The van der Waals surface area contributed by atoms with Crippen LogP contribution in [0.3, 0.4) is 0 Å². The lowest BCUT2D eigenvalue weighted by Gasteiger charge is -2.16. The van der Waals surface area contributed by atoms with Crippen molar-refractivity contribution in [2.24, 2.45) is 5.73 Å². The van der Waals surface area contributed by atoms with E-state index in [0.29, 0.717) is 30.1 Å². The highest BCUT2D eigenvalue weighted by Crippen LogP contribution is 2.17. The number of halogens is 3. The number of carbonyl (C=O) groups is 2. The SMILES string of the molecule is NC(=O)[C@H](Cc1ccc(OCc2ccccc2)cc1)NC(=O)c1c(F)cc(F)cc1F. The molecule has 0 saturated heterocycles. The van der Waals surface area contributed by atoms with Crippen molar-refractivity contribution in [1.29, 1.82) is 0 Å². The van der Waals surface area contributed by atoms with Crippen LogP contribution in [0.5, 0.6) is 5.75 Å². The first-order valence-corrected chi connectivity index (χ1v) is 9.34. The number of amides is 2. The smallest absolute Gasteiger partial charge is 0.257 e. The Morgan fingerprint density at radius 1 is 0.903 bits per heavy atom. The summed E-state index contributed by atoms with van der Waals surface area (Å²) in [6.07, 6.45) is -0.00945. The monoisotopic (exact) mass is 428 g/mol. The van der Waals surface area contributed by atoms with Crippen LogP contribution in [0.4, 0.5) is 13.2 Å². The van der Waals surface area contributed by atoms with Crippen molar-refractivity contribution >= 4 is 11.8 Å². The second-order valence-corrected chi connectivity index (χ2v) is 6.80. The summed E-state index contributed by atoms with van der Waals surface area (Å²) in [7, 11) is 0. The van der Waals surface area contributed by atoms with Gasteiger partial charge in [0.1, 0.15) is 41.4 Å². The first kappa shape index (κ1) is 21.9. The van der Waals surface area contributed by atoms with Gasteiger partial charge >= 0.3 is 0 Å². The second kappa shape index (κ2) is 9.80. The number of ether oxygens (including phenoxy) is 1. The molecule has 5 nitrogen and oxygen atoms in total. The van der Waals surface area contributed by atoms with Gasteiger partial charge in [-0.25, -0.2) is 13.2 Å². The van der Waals surface area contributed by atoms with E-state index in [-0.39, 0.29) is 6.42 Å². The zero-order valence-corrected chi connectivity index (χ0v) is 16.3. The van der Waals surface area contributed by atoms with Crippen LogP contribution < -0.4 is 15.8 Å². The minimum Gasteiger partial charge on any atom is -0.489 e. The van der Waals surface area contributed by atoms with Gasteiger partial charge in [-0.2, -0.15) is 0 Å². The fourth-order valence-electron chi connectivity index (χ4n) is 2.91. The van der Waals surface area contributed by atoms with E-state index >= 15 is 0 Å². The van der Waals surface area contributed by atoms with Gasteiger partial charge in [0.05, 0.1) is 0 Å². The van der Waals surface area contributed by atoms with Crippen LogP contribution in [-0.4, -0.2) is 17.9 Å². The molecule has 3 aromatic rings. The predicted octanol–water partition coefficient (Wildman–Crippen LogP) is 3.51. The summed E-state index contributed by atoms with van der Waals surface area (Å²) in [6.45, 7) is 0.384. The molecule has 0 aliphatic carbocycles. The van der Waals surface area contributed by atoms with Crippen molar-refractivity contribution < 1.29 is 27.5 Å². The van der Waals surface area contributed by atoms with Crippen molar-refractivity contribution in [2.45, 2.75) is 19.1 Å². The molecule has 0 heterocycles. The van der Waals surface area contributed by atoms with Gasteiger partial charge in [-0.1, -0.05) is 42.5 Å². The molecule has 0 fully saturated rings. The fraction of sp³-hybridized carbons (Fsp3) is 0.130. The Morgan fingerprint density at radius 3 is 2.10 bits per heavy atom. The third-order valence-electron chi connectivity index (χ3n) is 4.49. The van der Waals surface area contributed by atoms with Crippen LogP contribution in [0.25, 0.3) is 0 Å². The lowest BCUT2D eigenvalue weighted by atomic mass is 10.0. The van der Waals surface area contributed by atoms with E-state index < -0.39 is 40.9 Å². The predicted molar refractivity (Wildman–Crippen MR) is 108 cm³/mol. The summed E-state index contributed by atoms with van der Waals surface area (Å²) in [5, 5.41) is 2.20. The molecule has 2 amide bonds. The number of nitrogens with one attached hydrogen (secondary N) is 1. The van der Waals surface area contributed by atoms with Crippen LogP contribution in [-0.2, 0) is 17.8 Å². The Bertz CT molecular complexity index is 1050. The van der Waals surface area contributed by atoms with Gasteiger partial charge in [-0.15, -0.1) is 0 Å². The zero-order valence-electron chi connectivity index (χ0n) is 16.3. The van der Waals surface area contributed by atoms with Gasteiger partial charge < -0.3 is 15.8 Å². The molecule has 0 unspecified atom stereocenters. The van der Waals surface area contributed by atoms with E-state index in [4.69, 9.17) is 10.5 Å². The molecule has 0 saturated carbocycles. The van der Waals surface area contributed by atoms with E-state index in [0.717, 1.165) is 5.56 Å². The highest BCUT2D eigenvalue weighted by molar-refractivity contribution is 5.97. The van der Waals surface area contributed by atoms with E-state index in [2.05, 4.69) is 5.32 Å². The van der Waals surface area contributed by atoms with Crippen LogP contribution in [0.1, 0.15) is 21.5 Å². The molecule has 0 aliphatic heterocycles. The van der Waals surface area contributed by atoms with Gasteiger partial charge in [0.25, 0.3) is 5.91 Å². The van der Waals surface area contributed by atoms with Gasteiger partial charge in [0.15, 0.2) is 0 Å². The van der Waals surface area contributed by atoms with Gasteiger partial charge in [0, 0.05) is 18.6 Å². The summed E-state index contributed by atoms with van der Waals surface area (Å²) in [5.41, 5.74) is 5.98. The highest BCUT2D eigenvalue weighted by Gasteiger charge is 2.24. The van der Waals surface area contributed by atoms with Gasteiger partial charge in [-0.3, -0.25) is 9.59 Å². The molecule has 1 atom stereocenters. The molecule has 3 aromatic carbocycles. The van der Waals surface area contributed by atoms with Crippen molar-refractivity contribution in [3.63, 3.8) is 0 Å². The molecular formula is C23H19F3N2O3. The largest absolute Gasteiger partial charge is 0.489 e. The summed E-state index contributed by atoms with van der Waals surface area (Å²) < 4.78 is 46.3. The Balaban J connectivity index is 1.65. The Hall–Kier alpha value is -3.81. The second-order valence-electron chi connectivity index (χ2n) is 6.80. The first-order valence-electron chi connectivity index (χ1n) is 9.34. The number of hydrogen-bond acceptors (Lipinski definition) is 3. The Labute approximate surface area is 176 Å². The number of benzene rings is 3. The lowest BCUT2D eigenvalue weighted by molar-refractivity contribution is -0.119. The highest BCUT2D eigenvalue weighted by atomic mass is 19.1. The van der Waals surface area contributed by atoms with Crippen LogP contribution in [0.2, 0.25) is 0 Å². The van der Waals surface area contributed by atoms with Gasteiger partial charge in [-0.05, 0) is 23.3 Å². The van der Waals surface area contributed by atoms with E-state index in [9.17, 15) is 22.8 Å². The lowest BCUT2D eigenvalue weighted by Crippen LogP contribution is -2.46. The number of hydrogen-bond donors (Lipinski definition) is 2. The molecule has 0 spiro atoms. The van der Waals surface area contributed by atoms with Gasteiger partial charge in [0.2, 0.25) is 5.91 Å². The fourth-order valence-corrected chi connectivity index (χ4v) is 2.91. The van der Waals surface area contributed by atoms with Crippen molar-refractivity contribution in [3.8, 4) is 5.75 Å². The van der Waals surface area contributed by atoms with Crippen LogP contribution >= 0.6 is 0 Å². The maximum Gasteiger partial charge on any atom is 0.257 e. The van der Waals surface area contributed by atoms with Crippen molar-refractivity contribution in [2.75, 3.05) is 0 Å². The molecule has 0 bridgehead atoms. The molecule has 0 radical (unpaired) electrons. The maximum atomic E-state index is 13.8. The molecule has 31 heavy (non-hydrogen) atoms. The summed E-state index contributed by atoms with van der Waals surface area (Å²) in [6, 6.07) is 15.9. The van der Waals surface area contributed by atoms with Crippen LogP contribution in [0, 0.1) is 17.5 Å². The molecular weight excluding hydrogens is 409 g/mol. The minimum absolute atomic E-state index is 0.00945. The zero-order chi connectivity index (χ0) is 22.4.